The van der Waals surface area contributed by atoms with Crippen LogP contribution >= 0.6 is 0 Å². The minimum absolute atomic E-state index is 0.00680. The van der Waals surface area contributed by atoms with Gasteiger partial charge in [-0.2, -0.15) is 0 Å². The second kappa shape index (κ2) is 8.54. The van der Waals surface area contributed by atoms with E-state index in [-0.39, 0.29) is 24.4 Å². The van der Waals surface area contributed by atoms with Crippen LogP contribution in [0.2, 0.25) is 0 Å². The maximum absolute atomic E-state index is 12.9. The molecule has 2 fully saturated rings. The van der Waals surface area contributed by atoms with Gasteiger partial charge in [0.1, 0.15) is 6.54 Å². The summed E-state index contributed by atoms with van der Waals surface area (Å²) in [6, 6.07) is 18.0. The van der Waals surface area contributed by atoms with Gasteiger partial charge in [0.25, 0.3) is 0 Å². The predicted octanol–water partition coefficient (Wildman–Crippen LogP) is 1.91. The molecule has 2 aromatic carbocycles. The third kappa shape index (κ3) is 4.08. The summed E-state index contributed by atoms with van der Waals surface area (Å²) in [5.41, 5.74) is 3.00. The van der Waals surface area contributed by atoms with Crippen molar-refractivity contribution in [3.8, 4) is 11.1 Å². The molecule has 0 aromatic heterocycles. The summed E-state index contributed by atoms with van der Waals surface area (Å²) in [7, 11) is 0. The van der Waals surface area contributed by atoms with Crippen molar-refractivity contribution >= 4 is 17.5 Å². The molecule has 6 heteroatoms. The number of nitrogens with one attached hydrogen (secondary N) is 1. The Hall–Kier alpha value is -2.70. The topological polar surface area (TPSA) is 61.9 Å². The smallest absolute Gasteiger partial charge is 0.246 e. The average molecular weight is 379 g/mol. The summed E-state index contributed by atoms with van der Waals surface area (Å²) in [5.74, 6) is -0.0387. The summed E-state index contributed by atoms with van der Waals surface area (Å²) >= 11 is 0. The van der Waals surface area contributed by atoms with E-state index < -0.39 is 0 Å². The molecule has 0 spiro atoms. The molecule has 0 radical (unpaired) electrons. The zero-order valence-electron chi connectivity index (χ0n) is 15.8. The summed E-state index contributed by atoms with van der Waals surface area (Å²) in [4.78, 5) is 28.9. The number of hydrogen-bond acceptors (Lipinski definition) is 4. The van der Waals surface area contributed by atoms with Crippen LogP contribution in [-0.4, -0.2) is 62.1 Å². The Morgan fingerprint density at radius 3 is 2.61 bits per heavy atom. The Labute approximate surface area is 165 Å². The second-order valence-corrected chi connectivity index (χ2v) is 7.17. The SMILES string of the molecule is O=C(C[C@H]1COCCN1)N1CCN(c2ccccc2-c2ccccc2)C(=O)C1. The van der Waals surface area contributed by atoms with Gasteiger partial charge in [-0.1, -0.05) is 48.5 Å². The molecule has 2 aliphatic heterocycles. The van der Waals surface area contributed by atoms with Crippen LogP contribution < -0.4 is 10.2 Å². The first-order chi connectivity index (χ1) is 13.7. The zero-order chi connectivity index (χ0) is 19.3. The van der Waals surface area contributed by atoms with Crippen molar-refractivity contribution in [2.75, 3.05) is 44.3 Å². The molecule has 1 N–H and O–H groups in total. The molecule has 6 nitrogen and oxygen atoms in total. The fraction of sp³-hybridized carbons (Fsp3) is 0.364. The van der Waals surface area contributed by atoms with Gasteiger partial charge in [-0.3, -0.25) is 9.59 Å². The first-order valence-electron chi connectivity index (χ1n) is 9.76. The molecular formula is C22H25N3O3. The summed E-state index contributed by atoms with van der Waals surface area (Å²) in [6.45, 7) is 3.16. The highest BCUT2D eigenvalue weighted by atomic mass is 16.5. The number of ether oxygens (including phenoxy) is 1. The molecule has 0 unspecified atom stereocenters. The van der Waals surface area contributed by atoms with Crippen LogP contribution in [0.15, 0.2) is 54.6 Å². The number of rotatable bonds is 4. The van der Waals surface area contributed by atoms with E-state index in [0.29, 0.717) is 32.7 Å². The lowest BCUT2D eigenvalue weighted by Crippen LogP contribution is -2.54. The van der Waals surface area contributed by atoms with Crippen molar-refractivity contribution in [1.29, 1.82) is 0 Å². The molecule has 146 valence electrons. The molecule has 4 rings (SSSR count). The van der Waals surface area contributed by atoms with Gasteiger partial charge in [0.15, 0.2) is 0 Å². The van der Waals surface area contributed by atoms with Crippen LogP contribution in [0.1, 0.15) is 6.42 Å². The standard InChI is InChI=1S/C22H25N3O3/c26-21(14-18-16-28-13-10-23-18)24-11-12-25(22(27)15-24)20-9-5-4-8-19(20)17-6-2-1-3-7-17/h1-9,18,23H,10-16H2/t18-/m0/s1. The summed E-state index contributed by atoms with van der Waals surface area (Å²) in [5, 5.41) is 3.29. The third-order valence-electron chi connectivity index (χ3n) is 5.27. The molecule has 0 bridgehead atoms. The van der Waals surface area contributed by atoms with Gasteiger partial charge in [-0.05, 0) is 11.6 Å². The van der Waals surface area contributed by atoms with Gasteiger partial charge in [0, 0.05) is 37.7 Å². The van der Waals surface area contributed by atoms with E-state index in [0.717, 1.165) is 23.4 Å². The monoisotopic (exact) mass is 379 g/mol. The largest absolute Gasteiger partial charge is 0.378 e. The molecular weight excluding hydrogens is 354 g/mol. The van der Waals surface area contributed by atoms with E-state index in [2.05, 4.69) is 5.32 Å². The van der Waals surface area contributed by atoms with Gasteiger partial charge in [-0.15, -0.1) is 0 Å². The van der Waals surface area contributed by atoms with Crippen molar-refractivity contribution in [3.63, 3.8) is 0 Å². The Bertz CT molecular complexity index is 834. The Balaban J connectivity index is 1.45. The van der Waals surface area contributed by atoms with Crippen LogP contribution in [0.4, 0.5) is 5.69 Å². The van der Waals surface area contributed by atoms with E-state index in [1.807, 2.05) is 54.6 Å². The molecule has 2 heterocycles. The number of morpholine rings is 1. The highest BCUT2D eigenvalue weighted by Gasteiger charge is 2.30. The number of nitrogens with zero attached hydrogens (tertiary/aromatic N) is 2. The number of carbonyl (C=O) groups excluding carboxylic acids is 2. The molecule has 0 saturated carbocycles. The highest BCUT2D eigenvalue weighted by molar-refractivity contribution is 6.01. The number of piperazine rings is 1. The molecule has 2 amide bonds. The number of hydrogen-bond donors (Lipinski definition) is 1. The molecule has 1 atom stereocenters. The number of benzene rings is 2. The van der Waals surface area contributed by atoms with Crippen molar-refractivity contribution in [3.05, 3.63) is 54.6 Å². The van der Waals surface area contributed by atoms with Crippen LogP contribution in [0, 0.1) is 0 Å². The Kier molecular flexibility index (Phi) is 5.69. The van der Waals surface area contributed by atoms with E-state index in [1.165, 1.54) is 0 Å². The van der Waals surface area contributed by atoms with Crippen molar-refractivity contribution < 1.29 is 14.3 Å². The molecule has 2 aliphatic rings. The van der Waals surface area contributed by atoms with E-state index in [1.54, 1.807) is 9.80 Å². The lowest BCUT2D eigenvalue weighted by atomic mass is 10.0. The van der Waals surface area contributed by atoms with E-state index in [9.17, 15) is 9.59 Å². The van der Waals surface area contributed by atoms with Crippen molar-refractivity contribution in [2.45, 2.75) is 12.5 Å². The van der Waals surface area contributed by atoms with Gasteiger partial charge in [0.2, 0.25) is 11.8 Å². The van der Waals surface area contributed by atoms with Gasteiger partial charge >= 0.3 is 0 Å². The maximum atomic E-state index is 12.9. The van der Waals surface area contributed by atoms with Crippen LogP contribution in [-0.2, 0) is 14.3 Å². The summed E-state index contributed by atoms with van der Waals surface area (Å²) < 4.78 is 5.41. The quantitative estimate of drug-likeness (QED) is 0.882. The van der Waals surface area contributed by atoms with Crippen molar-refractivity contribution in [1.82, 2.24) is 10.2 Å². The molecule has 28 heavy (non-hydrogen) atoms. The molecule has 2 aromatic rings. The number of anilines is 1. The number of carbonyl (C=O) groups is 2. The van der Waals surface area contributed by atoms with Crippen molar-refractivity contribution in [2.24, 2.45) is 0 Å². The van der Waals surface area contributed by atoms with Gasteiger partial charge in [0.05, 0.1) is 18.9 Å². The zero-order valence-corrected chi connectivity index (χ0v) is 15.8. The van der Waals surface area contributed by atoms with Gasteiger partial charge in [-0.25, -0.2) is 0 Å². The average Bonchev–Trinajstić information content (AvgIpc) is 2.75. The number of amides is 2. The maximum Gasteiger partial charge on any atom is 0.246 e. The number of para-hydroxylation sites is 1. The van der Waals surface area contributed by atoms with E-state index in [4.69, 9.17) is 4.74 Å². The van der Waals surface area contributed by atoms with E-state index >= 15 is 0 Å². The predicted molar refractivity (Wildman–Crippen MR) is 108 cm³/mol. The van der Waals surface area contributed by atoms with Crippen LogP contribution in [0.25, 0.3) is 11.1 Å². The molecule has 0 aliphatic carbocycles. The lowest BCUT2D eigenvalue weighted by molar-refractivity contribution is -0.137. The summed E-state index contributed by atoms with van der Waals surface area (Å²) in [6.07, 6.45) is 0.369. The molecule has 2 saturated heterocycles. The Morgan fingerprint density at radius 2 is 1.86 bits per heavy atom. The lowest BCUT2D eigenvalue weighted by Gasteiger charge is -2.36. The first-order valence-corrected chi connectivity index (χ1v) is 9.76. The minimum Gasteiger partial charge on any atom is -0.378 e. The fourth-order valence-corrected chi connectivity index (χ4v) is 3.80. The Morgan fingerprint density at radius 1 is 1.07 bits per heavy atom. The minimum atomic E-state index is -0.0455. The second-order valence-electron chi connectivity index (χ2n) is 7.17. The third-order valence-corrected chi connectivity index (χ3v) is 5.27. The van der Waals surface area contributed by atoms with Crippen LogP contribution in [0.5, 0.6) is 0 Å². The fourth-order valence-electron chi connectivity index (χ4n) is 3.80. The highest BCUT2D eigenvalue weighted by Crippen LogP contribution is 2.31. The first kappa shape index (κ1) is 18.7. The normalized spacial score (nSPS) is 20.3. The van der Waals surface area contributed by atoms with Gasteiger partial charge < -0.3 is 19.9 Å². The van der Waals surface area contributed by atoms with Crippen LogP contribution in [0.3, 0.4) is 0 Å².